The predicted molar refractivity (Wildman–Crippen MR) is 89.7 cm³/mol. The van der Waals surface area contributed by atoms with Crippen LogP contribution in [0.25, 0.3) is 0 Å². The maximum Gasteiger partial charge on any atom is 0.303 e. The molecule has 0 aliphatic rings. The molecule has 0 heterocycles. The van der Waals surface area contributed by atoms with Gasteiger partial charge in [0.2, 0.25) is 0 Å². The van der Waals surface area contributed by atoms with Gasteiger partial charge >= 0.3 is 5.97 Å². The smallest absolute Gasteiger partial charge is 0.303 e. The first-order valence-corrected chi connectivity index (χ1v) is 6.90. The Bertz CT molecular complexity index is 948. The first kappa shape index (κ1) is 20.3. The van der Waals surface area contributed by atoms with Gasteiger partial charge in [-0.05, 0) is 76.0 Å². The molecule has 0 radical (unpaired) electrons. The average Bonchev–Trinajstić information content (AvgIpc) is 2.56. The van der Waals surface area contributed by atoms with Crippen molar-refractivity contribution in [1.29, 1.82) is 0 Å². The fourth-order valence-corrected chi connectivity index (χ4v) is 1.15. The quantitative estimate of drug-likeness (QED) is 0.641. The fraction of sp³-hybridized carbons (Fsp3) is 0.238. The van der Waals surface area contributed by atoms with Crippen LogP contribution in [-0.4, -0.2) is 18.1 Å². The summed E-state index contributed by atoms with van der Waals surface area (Å²) in [5.41, 5.74) is 38.4. The maximum atomic E-state index is 11.0. The van der Waals surface area contributed by atoms with Gasteiger partial charge in [-0.2, -0.15) is 0 Å². The van der Waals surface area contributed by atoms with Gasteiger partial charge in [0.15, 0.2) is 0 Å². The highest BCUT2D eigenvalue weighted by molar-refractivity contribution is 5.66. The van der Waals surface area contributed by atoms with Gasteiger partial charge in [0, 0.05) is 19.0 Å². The molecule has 0 fully saturated rings. The van der Waals surface area contributed by atoms with Crippen LogP contribution >= 0.6 is 0 Å². The third kappa shape index (κ3) is 12.1. The van der Waals surface area contributed by atoms with Crippen molar-refractivity contribution in [3.8, 4) is 0 Å². The summed E-state index contributed by atoms with van der Waals surface area (Å²) in [5, 5.41) is 0. The maximum absolute atomic E-state index is 11.0. The molecule has 0 bridgehead atoms. The molecule has 0 unspecified atom stereocenters. The summed E-state index contributed by atoms with van der Waals surface area (Å²) < 4.78 is 5.06. The van der Waals surface area contributed by atoms with E-state index in [4.69, 9.17) is 10.5 Å². The molecule has 0 saturated carbocycles. The van der Waals surface area contributed by atoms with Gasteiger partial charge in [0.05, 0.1) is 0 Å². The number of hydrogen-bond donors (Lipinski definition) is 1. The lowest BCUT2D eigenvalue weighted by atomic mass is 10.1. The van der Waals surface area contributed by atoms with Crippen molar-refractivity contribution in [2.24, 2.45) is 5.73 Å². The highest BCUT2D eigenvalue weighted by atomic mass is 16.5. The summed E-state index contributed by atoms with van der Waals surface area (Å²) in [7, 11) is 0. The van der Waals surface area contributed by atoms with Crippen molar-refractivity contribution < 1.29 is 9.53 Å². The largest absolute Gasteiger partial charge is 0.456 e. The van der Waals surface area contributed by atoms with Crippen LogP contribution in [-0.2, 0) is 9.53 Å². The summed E-state index contributed by atoms with van der Waals surface area (Å²) in [6.45, 7) is 6.52. The van der Waals surface area contributed by atoms with Crippen LogP contribution in [0.2, 0.25) is 0 Å². The summed E-state index contributed by atoms with van der Waals surface area (Å²) in [6, 6.07) is -0.304. The lowest BCUT2D eigenvalue weighted by Crippen LogP contribution is -2.35. The predicted octanol–water partition coefficient (Wildman–Crippen LogP) is 2.86. The lowest BCUT2D eigenvalue weighted by Gasteiger charge is -2.17. The molecule has 0 aliphatic carbocycles. The number of carbonyl (C=O) groups is 1. The van der Waals surface area contributed by atoms with E-state index in [0.29, 0.717) is 6.42 Å². The van der Waals surface area contributed by atoms with E-state index in [-0.39, 0.29) is 6.04 Å². The standard InChI is InChI=1S/C21H15NO2/c1-4-6-7-8-9-10-11-12-13-14-15-16-17-18-21(20(22)5-2)24-19(3)23/h18,20-21H,1,5,22H2,2-3H3/t20-,21-/m0/s1. The third-order valence-corrected chi connectivity index (χ3v) is 2.23. The van der Waals surface area contributed by atoms with E-state index in [0.717, 1.165) is 0 Å². The molecule has 0 amide bonds. The Morgan fingerprint density at radius 3 is 1.88 bits per heavy atom. The molecule has 2 N–H and O–H groups in total. The Balaban J connectivity index is 5.55. The number of carbonyl (C=O) groups excluding carboxylic acids is 1. The first-order chi connectivity index (χ1) is 11.6. The molecule has 0 saturated heterocycles. The highest BCUT2D eigenvalue weighted by Gasteiger charge is 2.15. The Morgan fingerprint density at radius 1 is 1.00 bits per heavy atom. The monoisotopic (exact) mass is 313 g/mol. The minimum atomic E-state index is -0.556. The van der Waals surface area contributed by atoms with E-state index >= 15 is 0 Å². The van der Waals surface area contributed by atoms with E-state index in [9.17, 15) is 4.79 Å². The van der Waals surface area contributed by atoms with Crippen LogP contribution in [0.1, 0.15) is 20.3 Å². The molecule has 3 nitrogen and oxygen atoms in total. The van der Waals surface area contributed by atoms with Crippen LogP contribution in [0, 0.1) is 0 Å². The van der Waals surface area contributed by atoms with Gasteiger partial charge in [-0.25, -0.2) is 0 Å². The second kappa shape index (κ2) is 14.3. The van der Waals surface area contributed by atoms with Crippen LogP contribution in [0.5, 0.6) is 0 Å². The van der Waals surface area contributed by atoms with Gasteiger partial charge in [0.25, 0.3) is 0 Å². The summed E-state index contributed by atoms with van der Waals surface area (Å²) >= 11 is 0. The van der Waals surface area contributed by atoms with Crippen LogP contribution in [0.4, 0.5) is 0 Å². The number of rotatable bonds is 4. The molecular formula is C21H15NO2. The zero-order valence-corrected chi connectivity index (χ0v) is 13.5. The van der Waals surface area contributed by atoms with E-state index in [1.165, 1.54) is 13.0 Å². The van der Waals surface area contributed by atoms with E-state index < -0.39 is 12.1 Å². The van der Waals surface area contributed by atoms with Gasteiger partial charge in [-0.3, -0.25) is 4.79 Å². The van der Waals surface area contributed by atoms with Gasteiger partial charge in [0.1, 0.15) is 6.10 Å². The van der Waals surface area contributed by atoms with Gasteiger partial charge in [-0.1, -0.05) is 18.4 Å². The summed E-state index contributed by atoms with van der Waals surface area (Å²) in [5.74, 6) is -0.408. The lowest BCUT2D eigenvalue weighted by molar-refractivity contribution is -0.145. The summed E-state index contributed by atoms with van der Waals surface area (Å²) in [4.78, 5) is 11.0. The second-order valence-electron chi connectivity index (χ2n) is 4.01. The van der Waals surface area contributed by atoms with Crippen LogP contribution in [0.15, 0.2) is 87.2 Å². The fourth-order valence-electron chi connectivity index (χ4n) is 1.15. The van der Waals surface area contributed by atoms with Crippen molar-refractivity contribution in [3.05, 3.63) is 87.2 Å². The average molecular weight is 313 g/mol. The molecule has 3 heteroatoms. The molecule has 0 spiro atoms. The van der Waals surface area contributed by atoms with Crippen LogP contribution < -0.4 is 5.73 Å². The van der Waals surface area contributed by atoms with E-state index in [2.05, 4.69) is 81.1 Å². The minimum absolute atomic E-state index is 0.304. The second-order valence-corrected chi connectivity index (χ2v) is 4.01. The zero-order valence-electron chi connectivity index (χ0n) is 13.5. The van der Waals surface area contributed by atoms with Gasteiger partial charge in [-0.15, -0.1) is 0 Å². The molecule has 0 aromatic heterocycles. The van der Waals surface area contributed by atoms with Gasteiger partial charge < -0.3 is 10.5 Å². The third-order valence-electron chi connectivity index (χ3n) is 2.23. The molecular weight excluding hydrogens is 298 g/mol. The molecule has 2 atom stereocenters. The molecule has 0 aromatic rings. The van der Waals surface area contributed by atoms with E-state index in [1.807, 2.05) is 6.92 Å². The van der Waals surface area contributed by atoms with Crippen LogP contribution in [0.3, 0.4) is 0 Å². The highest BCUT2D eigenvalue weighted by Crippen LogP contribution is 2.02. The van der Waals surface area contributed by atoms with Crippen molar-refractivity contribution in [2.45, 2.75) is 32.4 Å². The molecule has 24 heavy (non-hydrogen) atoms. The first-order valence-electron chi connectivity index (χ1n) is 6.90. The molecule has 116 valence electrons. The minimum Gasteiger partial charge on any atom is -0.456 e. The molecule has 0 rings (SSSR count). The Kier molecular flexibility index (Phi) is 12.1. The number of esters is 1. The van der Waals surface area contributed by atoms with Crippen molar-refractivity contribution in [3.63, 3.8) is 0 Å². The topological polar surface area (TPSA) is 52.3 Å². The number of ether oxygens (including phenoxy) is 1. The SMILES string of the molecule is C=C=C=C=C=C=C=C=C=C=C=C=C=C=C[C@H](OC(C)=O)[C@@H](N)CC. The Hall–Kier alpha value is -3.69. The molecule has 0 aliphatic heterocycles. The Morgan fingerprint density at radius 2 is 1.46 bits per heavy atom. The number of nitrogens with two attached hydrogens (primary N) is 1. The summed E-state index contributed by atoms with van der Waals surface area (Å²) in [6.07, 6.45) is 1.61. The van der Waals surface area contributed by atoms with Crippen molar-refractivity contribution >= 4 is 5.97 Å². The van der Waals surface area contributed by atoms with Crippen molar-refractivity contribution in [1.82, 2.24) is 0 Å². The van der Waals surface area contributed by atoms with E-state index in [1.54, 1.807) is 0 Å². The van der Waals surface area contributed by atoms with Crippen molar-refractivity contribution in [2.75, 3.05) is 0 Å². The zero-order chi connectivity index (χ0) is 18.0. The molecule has 0 aromatic carbocycles. The normalized spacial score (nSPS) is 9.12. The Labute approximate surface area is 141 Å². The number of hydrogen-bond acceptors (Lipinski definition) is 3.